The Morgan fingerprint density at radius 2 is 1.00 bits per heavy atom. The van der Waals surface area contributed by atoms with Gasteiger partial charge in [0.05, 0.1) is 28.4 Å². The molecule has 2 aliphatic carbocycles. The molecule has 0 aliphatic heterocycles. The lowest BCUT2D eigenvalue weighted by Gasteiger charge is -2.09. The third-order valence-electron chi connectivity index (χ3n) is 8.69. The smallest absolute Gasteiger partial charge is 0.167 e. The molecule has 0 fully saturated rings. The van der Waals surface area contributed by atoms with Crippen molar-refractivity contribution >= 4 is 43.4 Å². The molecule has 0 spiro atoms. The van der Waals surface area contributed by atoms with Crippen LogP contribution in [0.1, 0.15) is 55.5 Å². The molecule has 0 radical (unpaired) electrons. The minimum atomic E-state index is -0.0146. The number of ether oxygens (including phenoxy) is 4. The van der Waals surface area contributed by atoms with E-state index in [-0.39, 0.29) is 23.4 Å². The Bertz CT molecular complexity index is 1850. The van der Waals surface area contributed by atoms with E-state index in [1.165, 1.54) is 11.1 Å². The average molecular weight is 833 g/mol. The summed E-state index contributed by atoms with van der Waals surface area (Å²) < 4.78 is 20.9. The van der Waals surface area contributed by atoms with Crippen molar-refractivity contribution < 1.29 is 28.5 Å². The molecule has 2 unspecified atom stereocenters. The van der Waals surface area contributed by atoms with Gasteiger partial charge in [-0.25, -0.2) is 0 Å². The number of fused-ring (bicyclic) bond motifs is 2. The van der Waals surface area contributed by atoms with Gasteiger partial charge in [-0.05, 0) is 95.6 Å². The number of hydrogen-bond donors (Lipinski definition) is 0. The van der Waals surface area contributed by atoms with Gasteiger partial charge in [-0.2, -0.15) is 0 Å². The molecule has 0 amide bonds. The molecule has 0 N–H and O–H groups in total. The highest BCUT2D eigenvalue weighted by Crippen LogP contribution is 2.38. The Balaban J connectivity index is 0.000000169. The van der Waals surface area contributed by atoms with Crippen LogP contribution < -0.4 is 18.9 Å². The molecule has 2 heterocycles. The van der Waals surface area contributed by atoms with Gasteiger partial charge >= 0.3 is 0 Å². The van der Waals surface area contributed by atoms with E-state index in [1.54, 1.807) is 65.4 Å². The molecule has 0 bridgehead atoms. The van der Waals surface area contributed by atoms with Gasteiger partial charge < -0.3 is 18.9 Å². The number of pyridine rings is 2. The van der Waals surface area contributed by atoms with Crippen LogP contribution in [0.4, 0.5) is 0 Å². The van der Waals surface area contributed by atoms with E-state index in [0.29, 0.717) is 23.0 Å². The van der Waals surface area contributed by atoms with E-state index < -0.39 is 0 Å². The molecule has 10 heteroatoms. The maximum atomic E-state index is 12.6. The second-order valence-electron chi connectivity index (χ2n) is 12.1. The number of nitrogens with zero attached hydrogens (tertiary/aromatic N) is 2. The molecule has 3 aromatic carbocycles. The topological polar surface area (TPSA) is 96.8 Å². The minimum absolute atomic E-state index is 0.0146. The van der Waals surface area contributed by atoms with Crippen LogP contribution in [0.15, 0.2) is 104 Å². The van der Waals surface area contributed by atoms with Crippen LogP contribution in [0.3, 0.4) is 0 Å². The molecule has 0 saturated heterocycles. The van der Waals surface area contributed by atoms with Crippen LogP contribution in [0.5, 0.6) is 23.0 Å². The van der Waals surface area contributed by atoms with Crippen LogP contribution in [0.25, 0.3) is 0 Å². The van der Waals surface area contributed by atoms with Gasteiger partial charge in [0.15, 0.2) is 34.6 Å². The van der Waals surface area contributed by atoms with Crippen molar-refractivity contribution in [3.63, 3.8) is 0 Å². The lowest BCUT2D eigenvalue weighted by molar-refractivity contribution is 0.0932. The number of hydrogen-bond acceptors (Lipinski definition) is 8. The van der Waals surface area contributed by atoms with Crippen LogP contribution in [-0.2, 0) is 29.9 Å². The summed E-state index contributed by atoms with van der Waals surface area (Å²) in [6.45, 7) is 1.95. The molecule has 2 atom stereocenters. The third-order valence-corrected chi connectivity index (χ3v) is 9.99. The molecule has 7 rings (SSSR count). The van der Waals surface area contributed by atoms with Crippen molar-refractivity contribution in [2.45, 2.75) is 36.8 Å². The van der Waals surface area contributed by atoms with E-state index in [9.17, 15) is 9.59 Å². The fraction of sp³-hybridized carbons (Fsp3) is 0.286. The number of alkyl halides is 2. The first-order valence-electron chi connectivity index (χ1n) is 16.8. The van der Waals surface area contributed by atoms with E-state index in [1.807, 2.05) is 61.5 Å². The standard InChI is InChI=1S/C17H17NO3.C12H14O3.C7H7Br.C6H6BrN/c1-20-15-9-12-8-13(7-11-3-5-18-6-4-11)17(19)14(12)10-16(15)21-2;1-7-4-8-5-10(14-2)11(15-3)6-9(8)12(7)13;8-6-7-4-2-1-3-5-7;7-5-6-1-3-8-4-2-6/h3-6,9-10,13H,7-8H2,1-2H3;5-7H,4H2,1-3H3;1-5H,6H2;1-4H,5H2. The first-order valence-corrected chi connectivity index (χ1v) is 19.0. The predicted molar refractivity (Wildman–Crippen MR) is 212 cm³/mol. The number of Topliss-reactive ketones (excluding diaryl/α,β-unsaturated/α-hetero) is 2. The largest absolute Gasteiger partial charge is 0.493 e. The highest BCUT2D eigenvalue weighted by atomic mass is 79.9. The Morgan fingerprint density at radius 3 is 1.44 bits per heavy atom. The Kier molecular flexibility index (Phi) is 15.9. The van der Waals surface area contributed by atoms with E-state index >= 15 is 0 Å². The first-order chi connectivity index (χ1) is 25.3. The zero-order chi connectivity index (χ0) is 37.5. The fourth-order valence-electron chi connectivity index (χ4n) is 5.91. The Morgan fingerprint density at radius 1 is 0.577 bits per heavy atom. The zero-order valence-corrected chi connectivity index (χ0v) is 33.3. The van der Waals surface area contributed by atoms with Crippen molar-refractivity contribution in [2.24, 2.45) is 11.8 Å². The van der Waals surface area contributed by atoms with Crippen LogP contribution in [-0.4, -0.2) is 50.0 Å². The molecule has 8 nitrogen and oxygen atoms in total. The number of ketones is 2. The summed E-state index contributed by atoms with van der Waals surface area (Å²) in [5, 5.41) is 1.86. The molecule has 2 aromatic heterocycles. The maximum Gasteiger partial charge on any atom is 0.167 e. The predicted octanol–water partition coefficient (Wildman–Crippen LogP) is 9.33. The van der Waals surface area contributed by atoms with Gasteiger partial charge in [0.2, 0.25) is 0 Å². The number of carbonyl (C=O) groups excluding carboxylic acids is 2. The van der Waals surface area contributed by atoms with Crippen molar-refractivity contribution in [3.8, 4) is 23.0 Å². The van der Waals surface area contributed by atoms with Crippen molar-refractivity contribution in [1.82, 2.24) is 9.97 Å². The third kappa shape index (κ3) is 10.7. The lowest BCUT2D eigenvalue weighted by atomic mass is 9.96. The van der Waals surface area contributed by atoms with Crippen LogP contribution in [0.2, 0.25) is 0 Å². The number of benzene rings is 3. The Hall–Kier alpha value is -4.54. The summed E-state index contributed by atoms with van der Waals surface area (Å²) in [6, 6.07) is 25.5. The number of aromatic nitrogens is 2. The van der Waals surface area contributed by atoms with Crippen LogP contribution in [0, 0.1) is 11.8 Å². The van der Waals surface area contributed by atoms with E-state index in [4.69, 9.17) is 18.9 Å². The maximum absolute atomic E-state index is 12.6. The van der Waals surface area contributed by atoms with Gasteiger partial charge in [-0.15, -0.1) is 0 Å². The quantitative estimate of drug-likeness (QED) is 0.143. The van der Waals surface area contributed by atoms with Crippen molar-refractivity contribution in [2.75, 3.05) is 28.4 Å². The summed E-state index contributed by atoms with van der Waals surface area (Å²) in [5.41, 5.74) is 7.36. The van der Waals surface area contributed by atoms with Crippen molar-refractivity contribution in [3.05, 3.63) is 143 Å². The molecular formula is C42H44Br2N2O6. The molecule has 0 saturated carbocycles. The van der Waals surface area contributed by atoms with Crippen molar-refractivity contribution in [1.29, 1.82) is 0 Å². The monoisotopic (exact) mass is 830 g/mol. The highest BCUT2D eigenvalue weighted by Gasteiger charge is 2.32. The normalized spacial score (nSPS) is 15.0. The van der Waals surface area contributed by atoms with Gasteiger partial charge in [-0.3, -0.25) is 19.6 Å². The number of halogens is 2. The lowest BCUT2D eigenvalue weighted by Crippen LogP contribution is -2.12. The van der Waals surface area contributed by atoms with Crippen LogP contribution >= 0.6 is 31.9 Å². The summed E-state index contributed by atoms with van der Waals surface area (Å²) in [5.74, 6) is 3.05. The summed E-state index contributed by atoms with van der Waals surface area (Å²) in [4.78, 5) is 32.2. The molecular weight excluding hydrogens is 788 g/mol. The fourth-order valence-corrected chi connectivity index (χ4v) is 6.66. The highest BCUT2D eigenvalue weighted by molar-refractivity contribution is 9.08. The molecule has 52 heavy (non-hydrogen) atoms. The summed E-state index contributed by atoms with van der Waals surface area (Å²) in [7, 11) is 6.37. The Labute approximate surface area is 323 Å². The number of rotatable bonds is 8. The van der Waals surface area contributed by atoms with Gasteiger partial charge in [0.25, 0.3) is 0 Å². The van der Waals surface area contributed by atoms with Gasteiger partial charge in [0, 0.05) is 58.4 Å². The molecule has 2 aliphatic rings. The number of carbonyl (C=O) groups is 2. The SMILES string of the molecule is BrCc1ccccc1.BrCc1ccncc1.COc1cc2c(cc1OC)C(=O)C(C)C2.COc1cc2c(cc1OC)C(=O)C(Cc1ccncc1)C2. The van der Waals surface area contributed by atoms with Gasteiger partial charge in [0.1, 0.15) is 0 Å². The average Bonchev–Trinajstić information content (AvgIpc) is 3.66. The van der Waals surface area contributed by atoms with E-state index in [0.717, 1.165) is 57.7 Å². The molecule has 5 aromatic rings. The summed E-state index contributed by atoms with van der Waals surface area (Å²) in [6.07, 6.45) is 9.38. The second kappa shape index (κ2) is 20.5. The first kappa shape index (κ1) is 40.2. The molecule has 272 valence electrons. The second-order valence-corrected chi connectivity index (χ2v) is 13.3. The minimum Gasteiger partial charge on any atom is -0.493 e. The summed E-state index contributed by atoms with van der Waals surface area (Å²) >= 11 is 6.69. The number of methoxy groups -OCH3 is 4. The van der Waals surface area contributed by atoms with E-state index in [2.05, 4.69) is 54.0 Å². The zero-order valence-electron chi connectivity index (χ0n) is 30.1. The van der Waals surface area contributed by atoms with Gasteiger partial charge in [-0.1, -0.05) is 69.1 Å².